The molecule has 1 aliphatic heterocycles. The maximum absolute atomic E-state index is 13.4. The highest BCUT2D eigenvalue weighted by molar-refractivity contribution is 7.23. The normalized spacial score (nSPS) is 15.2. The van der Waals surface area contributed by atoms with Crippen LogP contribution in [0.3, 0.4) is 0 Å². The molecule has 0 radical (unpaired) electrons. The average molecular weight is 498 g/mol. The fourth-order valence-corrected chi connectivity index (χ4v) is 5.07. The Morgan fingerprint density at radius 2 is 1.88 bits per heavy atom. The van der Waals surface area contributed by atoms with Crippen molar-refractivity contribution >= 4 is 44.2 Å². The van der Waals surface area contributed by atoms with Gasteiger partial charge in [0.15, 0.2) is 5.13 Å². The van der Waals surface area contributed by atoms with Crippen LogP contribution in [0.2, 0.25) is 5.02 Å². The number of morpholine rings is 1. The topological polar surface area (TPSA) is 45.7 Å². The van der Waals surface area contributed by atoms with E-state index in [4.69, 9.17) is 16.3 Å². The van der Waals surface area contributed by atoms with Crippen molar-refractivity contribution in [2.75, 3.05) is 44.3 Å². The van der Waals surface area contributed by atoms with Crippen molar-refractivity contribution in [2.45, 2.75) is 19.5 Å². The van der Waals surface area contributed by atoms with E-state index >= 15 is 0 Å². The van der Waals surface area contributed by atoms with Crippen LogP contribution in [-0.2, 0) is 10.9 Å². The highest BCUT2D eigenvalue weighted by atomic mass is 35.5. The molecule has 0 unspecified atom stereocenters. The lowest BCUT2D eigenvalue weighted by Crippen LogP contribution is -2.39. The molecule has 3 aromatic rings. The molecule has 1 aliphatic rings. The second-order valence-electron chi connectivity index (χ2n) is 7.88. The molecule has 0 aliphatic carbocycles. The zero-order valence-corrected chi connectivity index (χ0v) is 19.6. The lowest BCUT2D eigenvalue weighted by atomic mass is 10.1. The fourth-order valence-electron chi connectivity index (χ4n) is 3.73. The van der Waals surface area contributed by atoms with Crippen LogP contribution in [0, 0.1) is 6.92 Å². The summed E-state index contributed by atoms with van der Waals surface area (Å²) >= 11 is 7.66. The van der Waals surface area contributed by atoms with Gasteiger partial charge in [0, 0.05) is 31.7 Å². The van der Waals surface area contributed by atoms with E-state index in [1.54, 1.807) is 11.0 Å². The van der Waals surface area contributed by atoms with Crippen LogP contribution in [0.25, 0.3) is 10.2 Å². The zero-order chi connectivity index (χ0) is 23.6. The summed E-state index contributed by atoms with van der Waals surface area (Å²) in [6.45, 7) is 6.13. The van der Waals surface area contributed by atoms with Gasteiger partial charge in [-0.2, -0.15) is 13.2 Å². The Morgan fingerprint density at radius 1 is 1.18 bits per heavy atom. The minimum atomic E-state index is -4.46. The molecule has 0 saturated carbocycles. The van der Waals surface area contributed by atoms with Crippen molar-refractivity contribution in [2.24, 2.45) is 0 Å². The summed E-state index contributed by atoms with van der Waals surface area (Å²) in [5, 5.41) is 1.03. The molecule has 4 rings (SSSR count). The Bertz CT molecular complexity index is 1090. The Labute approximate surface area is 198 Å². The van der Waals surface area contributed by atoms with Gasteiger partial charge in [0.25, 0.3) is 5.91 Å². The number of hydrogen-bond acceptors (Lipinski definition) is 5. The highest BCUT2D eigenvalue weighted by Gasteiger charge is 2.31. The number of halogens is 4. The van der Waals surface area contributed by atoms with E-state index < -0.39 is 17.6 Å². The third kappa shape index (κ3) is 5.48. The van der Waals surface area contributed by atoms with Gasteiger partial charge in [-0.1, -0.05) is 29.0 Å². The van der Waals surface area contributed by atoms with E-state index in [-0.39, 0.29) is 5.56 Å². The van der Waals surface area contributed by atoms with Crippen LogP contribution in [0.15, 0.2) is 36.4 Å². The molecule has 0 spiro atoms. The van der Waals surface area contributed by atoms with Gasteiger partial charge in [-0.05, 0) is 49.2 Å². The summed E-state index contributed by atoms with van der Waals surface area (Å²) in [6.07, 6.45) is -3.77. The maximum Gasteiger partial charge on any atom is 0.416 e. The minimum absolute atomic E-state index is 0.177. The molecule has 1 amide bonds. The van der Waals surface area contributed by atoms with Gasteiger partial charge in [-0.15, -0.1) is 0 Å². The molecule has 176 valence electrons. The SMILES string of the molecule is Cc1ccc(Cl)c2sc(N(CCCN3CCOCC3)C(=O)c3ccc(C(F)(F)F)cc3)nc12. The number of carbonyl (C=O) groups is 1. The first-order valence-electron chi connectivity index (χ1n) is 10.6. The summed E-state index contributed by atoms with van der Waals surface area (Å²) in [6, 6.07) is 7.95. The fraction of sp³-hybridized carbons (Fsp3) is 0.391. The Balaban J connectivity index is 1.61. The number of nitrogens with zero attached hydrogens (tertiary/aromatic N) is 3. The summed E-state index contributed by atoms with van der Waals surface area (Å²) < 4.78 is 45.0. The second kappa shape index (κ2) is 9.97. The number of anilines is 1. The van der Waals surface area contributed by atoms with Crippen molar-refractivity contribution in [1.29, 1.82) is 0 Å². The summed E-state index contributed by atoms with van der Waals surface area (Å²) in [7, 11) is 0. The molecule has 10 heteroatoms. The molecule has 0 N–H and O–H groups in total. The van der Waals surface area contributed by atoms with Crippen molar-refractivity contribution in [3.63, 3.8) is 0 Å². The Kier molecular flexibility index (Phi) is 7.23. The number of fused-ring (bicyclic) bond motifs is 1. The van der Waals surface area contributed by atoms with E-state index in [1.165, 1.54) is 23.5 Å². The molecule has 2 heterocycles. The van der Waals surface area contributed by atoms with Gasteiger partial charge < -0.3 is 4.74 Å². The first kappa shape index (κ1) is 23.9. The predicted octanol–water partition coefficient (Wildman–Crippen LogP) is 5.65. The lowest BCUT2D eigenvalue weighted by molar-refractivity contribution is -0.137. The van der Waals surface area contributed by atoms with E-state index in [2.05, 4.69) is 9.88 Å². The number of hydrogen-bond donors (Lipinski definition) is 0. The van der Waals surface area contributed by atoms with Crippen molar-refractivity contribution in [3.8, 4) is 0 Å². The van der Waals surface area contributed by atoms with E-state index in [9.17, 15) is 18.0 Å². The monoisotopic (exact) mass is 497 g/mol. The van der Waals surface area contributed by atoms with Gasteiger partial charge in [0.1, 0.15) is 0 Å². The number of amides is 1. The average Bonchev–Trinajstić information content (AvgIpc) is 3.26. The number of alkyl halides is 3. The van der Waals surface area contributed by atoms with Crippen LogP contribution in [0.4, 0.5) is 18.3 Å². The molecule has 1 fully saturated rings. The predicted molar refractivity (Wildman–Crippen MR) is 124 cm³/mol. The zero-order valence-electron chi connectivity index (χ0n) is 18.0. The van der Waals surface area contributed by atoms with E-state index in [0.717, 1.165) is 47.5 Å². The molecule has 33 heavy (non-hydrogen) atoms. The molecule has 2 aromatic carbocycles. The summed E-state index contributed by atoms with van der Waals surface area (Å²) in [5.41, 5.74) is 1.05. The molecular weight excluding hydrogens is 475 g/mol. The van der Waals surface area contributed by atoms with Crippen molar-refractivity contribution in [1.82, 2.24) is 9.88 Å². The minimum Gasteiger partial charge on any atom is -0.379 e. The molecule has 0 atom stereocenters. The van der Waals surface area contributed by atoms with Crippen molar-refractivity contribution in [3.05, 3.63) is 58.1 Å². The molecule has 1 saturated heterocycles. The van der Waals surface area contributed by atoms with Gasteiger partial charge in [-0.25, -0.2) is 4.98 Å². The van der Waals surface area contributed by atoms with Crippen molar-refractivity contribution < 1.29 is 22.7 Å². The molecule has 0 bridgehead atoms. The number of benzene rings is 2. The molecular formula is C23H23ClF3N3O2S. The third-order valence-electron chi connectivity index (χ3n) is 5.58. The van der Waals surface area contributed by atoms with Gasteiger partial charge >= 0.3 is 6.18 Å². The maximum atomic E-state index is 13.4. The summed E-state index contributed by atoms with van der Waals surface area (Å²) in [4.78, 5) is 21.9. The number of ether oxygens (including phenoxy) is 1. The number of aryl methyl sites for hydroxylation is 1. The summed E-state index contributed by atoms with van der Waals surface area (Å²) in [5.74, 6) is -0.390. The Hall–Kier alpha value is -2.20. The van der Waals surface area contributed by atoms with Gasteiger partial charge in [0.2, 0.25) is 0 Å². The smallest absolute Gasteiger partial charge is 0.379 e. The standard InChI is InChI=1S/C23H23ClF3N3O2S/c1-15-3-8-18(24)20-19(15)28-22(33-20)30(10-2-9-29-11-13-32-14-12-29)21(31)16-4-6-17(7-5-16)23(25,26)27/h3-8H,2,9-14H2,1H3. The first-order valence-corrected chi connectivity index (χ1v) is 11.8. The number of rotatable bonds is 6. The third-order valence-corrected chi connectivity index (χ3v) is 7.12. The first-order chi connectivity index (χ1) is 15.7. The second-order valence-corrected chi connectivity index (χ2v) is 9.26. The van der Waals surface area contributed by atoms with E-state index in [0.29, 0.717) is 36.3 Å². The Morgan fingerprint density at radius 3 is 2.52 bits per heavy atom. The van der Waals surface area contributed by atoms with E-state index in [1.807, 2.05) is 13.0 Å². The lowest BCUT2D eigenvalue weighted by Gasteiger charge is -2.27. The van der Waals surface area contributed by atoms with Crippen LogP contribution in [-0.4, -0.2) is 55.2 Å². The number of aromatic nitrogens is 1. The van der Waals surface area contributed by atoms with Gasteiger partial charge in [-0.3, -0.25) is 14.6 Å². The highest BCUT2D eigenvalue weighted by Crippen LogP contribution is 2.36. The van der Waals surface area contributed by atoms with Crippen LogP contribution in [0.1, 0.15) is 27.9 Å². The van der Waals surface area contributed by atoms with Gasteiger partial charge in [0.05, 0.1) is 34.0 Å². The number of carbonyl (C=O) groups excluding carboxylic acids is 1. The molecule has 1 aromatic heterocycles. The number of thiazole rings is 1. The molecule has 5 nitrogen and oxygen atoms in total. The van der Waals surface area contributed by atoms with Crippen LogP contribution in [0.5, 0.6) is 0 Å². The largest absolute Gasteiger partial charge is 0.416 e. The van der Waals surface area contributed by atoms with Crippen LogP contribution < -0.4 is 4.90 Å². The van der Waals surface area contributed by atoms with Crippen LogP contribution >= 0.6 is 22.9 Å². The quantitative estimate of drug-likeness (QED) is 0.442.